The Morgan fingerprint density at radius 1 is 1.07 bits per heavy atom. The first-order valence-electron chi connectivity index (χ1n) is 9.75. The number of anilines is 1. The molecule has 0 N–H and O–H groups in total. The van der Waals surface area contributed by atoms with Gasteiger partial charge in [0.05, 0.1) is 0 Å². The molecule has 0 aromatic heterocycles. The molecule has 3 heteroatoms. The van der Waals surface area contributed by atoms with Crippen molar-refractivity contribution in [3.05, 3.63) is 70.3 Å². The van der Waals surface area contributed by atoms with Crippen molar-refractivity contribution in [2.45, 2.75) is 33.1 Å². The summed E-state index contributed by atoms with van der Waals surface area (Å²) in [5.41, 5.74) is 6.11. The fraction of sp³-hybridized carbons (Fsp3) is 0.360. The second-order valence-corrected chi connectivity index (χ2v) is 8.56. The Kier molecular flexibility index (Phi) is 5.57. The Morgan fingerprint density at radius 3 is 2.36 bits per heavy atom. The third-order valence-electron chi connectivity index (χ3n) is 5.85. The van der Waals surface area contributed by atoms with E-state index in [1.165, 1.54) is 22.4 Å². The number of nitrogens with zero attached hydrogens (tertiary/aromatic N) is 3. The van der Waals surface area contributed by atoms with Crippen LogP contribution in [0.2, 0.25) is 0 Å². The minimum atomic E-state index is 0.0616. The lowest BCUT2D eigenvalue weighted by Gasteiger charge is -2.41. The van der Waals surface area contributed by atoms with Crippen LogP contribution in [-0.2, 0) is 0 Å². The first-order valence-corrected chi connectivity index (χ1v) is 9.75. The number of hydrogen-bond donors (Lipinski definition) is 0. The monoisotopic (exact) mass is 369 g/mol. The van der Waals surface area contributed by atoms with Gasteiger partial charge in [0, 0.05) is 19.8 Å². The van der Waals surface area contributed by atoms with E-state index in [0.717, 1.165) is 24.8 Å². The zero-order valence-corrected chi connectivity index (χ0v) is 17.2. The lowest BCUT2D eigenvalue weighted by molar-refractivity contribution is 0.225. The summed E-state index contributed by atoms with van der Waals surface area (Å²) in [7, 11) is 4.08. The summed E-state index contributed by atoms with van der Waals surface area (Å²) in [5, 5.41) is 18.5. The van der Waals surface area contributed by atoms with Crippen molar-refractivity contribution in [3.63, 3.8) is 0 Å². The molecule has 0 bridgehead atoms. The summed E-state index contributed by atoms with van der Waals surface area (Å²) in [4.78, 5) is 2.09. The zero-order chi connectivity index (χ0) is 20.3. The largest absolute Gasteiger partial charge is 0.378 e. The highest BCUT2D eigenvalue weighted by Gasteiger charge is 2.37. The summed E-state index contributed by atoms with van der Waals surface area (Å²) >= 11 is 0. The van der Waals surface area contributed by atoms with Gasteiger partial charge in [-0.05, 0) is 65.0 Å². The van der Waals surface area contributed by atoms with Crippen molar-refractivity contribution in [2.24, 2.45) is 11.3 Å². The SMILES string of the molecule is CN(C)c1ccc(/C=C/C2=CC3=CC(=C(C#N)C#N)CC(C)(C)C3CC2)cc1. The molecule has 1 atom stereocenters. The second kappa shape index (κ2) is 7.91. The maximum Gasteiger partial charge on any atom is 0.132 e. The predicted molar refractivity (Wildman–Crippen MR) is 115 cm³/mol. The van der Waals surface area contributed by atoms with Gasteiger partial charge in [-0.25, -0.2) is 0 Å². The van der Waals surface area contributed by atoms with Gasteiger partial charge in [-0.3, -0.25) is 0 Å². The van der Waals surface area contributed by atoms with Crippen molar-refractivity contribution >= 4 is 11.8 Å². The van der Waals surface area contributed by atoms with Gasteiger partial charge in [0.25, 0.3) is 0 Å². The van der Waals surface area contributed by atoms with Gasteiger partial charge in [-0.15, -0.1) is 0 Å². The second-order valence-electron chi connectivity index (χ2n) is 8.56. The summed E-state index contributed by atoms with van der Waals surface area (Å²) in [5.74, 6) is 0.478. The van der Waals surface area contributed by atoms with E-state index < -0.39 is 0 Å². The summed E-state index contributed by atoms with van der Waals surface area (Å²) in [6.07, 6.45) is 11.6. The Morgan fingerprint density at radius 2 is 1.75 bits per heavy atom. The Bertz CT molecular complexity index is 939. The van der Waals surface area contributed by atoms with E-state index in [2.05, 4.69) is 79.5 Å². The van der Waals surface area contributed by atoms with Crippen molar-refractivity contribution in [1.29, 1.82) is 10.5 Å². The van der Waals surface area contributed by atoms with Gasteiger partial charge in [0.15, 0.2) is 0 Å². The molecule has 1 aromatic carbocycles. The average Bonchev–Trinajstić information content (AvgIpc) is 2.67. The molecule has 0 fully saturated rings. The standard InChI is InChI=1S/C25H27N3/c1-25(2)15-21(22(16-26)17-27)14-20-13-19(9-12-24(20)25)6-5-18-7-10-23(11-8-18)28(3)4/h5-8,10-11,13-14,24H,9,12,15H2,1-4H3/b6-5+. The van der Waals surface area contributed by atoms with Crippen LogP contribution >= 0.6 is 0 Å². The van der Waals surface area contributed by atoms with Crippen LogP contribution in [0, 0.1) is 34.0 Å². The maximum atomic E-state index is 9.27. The predicted octanol–water partition coefficient (Wildman–Crippen LogP) is 5.80. The van der Waals surface area contributed by atoms with Crippen LogP contribution in [0.3, 0.4) is 0 Å². The van der Waals surface area contributed by atoms with E-state index in [4.69, 9.17) is 0 Å². The first kappa shape index (κ1) is 19.7. The summed E-state index contributed by atoms with van der Waals surface area (Å²) in [6, 6.07) is 12.6. The molecule has 1 aromatic rings. The van der Waals surface area contributed by atoms with Gasteiger partial charge < -0.3 is 4.90 Å². The lowest BCUT2D eigenvalue weighted by atomic mass is 9.62. The van der Waals surface area contributed by atoms with Crippen LogP contribution in [0.1, 0.15) is 38.7 Å². The number of benzene rings is 1. The van der Waals surface area contributed by atoms with E-state index in [-0.39, 0.29) is 11.0 Å². The van der Waals surface area contributed by atoms with Crippen molar-refractivity contribution < 1.29 is 0 Å². The molecule has 3 rings (SSSR count). The van der Waals surface area contributed by atoms with Crippen molar-refractivity contribution in [2.75, 3.05) is 19.0 Å². The highest BCUT2D eigenvalue weighted by Crippen LogP contribution is 2.49. The molecule has 1 unspecified atom stereocenters. The molecule has 0 heterocycles. The third kappa shape index (κ3) is 4.10. The smallest absolute Gasteiger partial charge is 0.132 e. The number of rotatable bonds is 3. The fourth-order valence-electron chi connectivity index (χ4n) is 4.26. The fourth-order valence-corrected chi connectivity index (χ4v) is 4.26. The molecular weight excluding hydrogens is 342 g/mol. The van der Waals surface area contributed by atoms with E-state index in [1.54, 1.807) is 0 Å². The Balaban J connectivity index is 1.89. The van der Waals surface area contributed by atoms with Gasteiger partial charge >= 0.3 is 0 Å². The normalized spacial score (nSPS) is 20.5. The van der Waals surface area contributed by atoms with Gasteiger partial charge in [-0.1, -0.05) is 50.3 Å². The zero-order valence-electron chi connectivity index (χ0n) is 17.2. The van der Waals surface area contributed by atoms with Crippen LogP contribution in [0.15, 0.2) is 64.8 Å². The minimum absolute atomic E-state index is 0.0616. The molecule has 2 aliphatic rings. The van der Waals surface area contributed by atoms with Crippen LogP contribution in [-0.4, -0.2) is 14.1 Å². The molecule has 0 aliphatic heterocycles. The van der Waals surface area contributed by atoms with Gasteiger partial charge in [0.1, 0.15) is 17.7 Å². The van der Waals surface area contributed by atoms with Crippen LogP contribution < -0.4 is 4.90 Å². The molecule has 0 saturated carbocycles. The minimum Gasteiger partial charge on any atom is -0.378 e. The Labute approximate surface area is 168 Å². The van der Waals surface area contributed by atoms with E-state index >= 15 is 0 Å². The molecule has 0 saturated heterocycles. The first-order chi connectivity index (χ1) is 13.3. The molecule has 0 spiro atoms. The summed E-state index contributed by atoms with van der Waals surface area (Å²) in [6.45, 7) is 4.50. The number of hydrogen-bond acceptors (Lipinski definition) is 3. The molecule has 0 radical (unpaired) electrons. The maximum absolute atomic E-state index is 9.27. The van der Waals surface area contributed by atoms with Gasteiger partial charge in [0.2, 0.25) is 0 Å². The molecule has 28 heavy (non-hydrogen) atoms. The summed E-state index contributed by atoms with van der Waals surface area (Å²) < 4.78 is 0. The Hall–Kier alpha value is -3.04. The highest BCUT2D eigenvalue weighted by molar-refractivity contribution is 5.59. The third-order valence-corrected chi connectivity index (χ3v) is 5.85. The number of allylic oxidation sites excluding steroid dienone is 7. The van der Waals surface area contributed by atoms with E-state index in [9.17, 15) is 10.5 Å². The molecule has 0 amide bonds. The molecular formula is C25H27N3. The lowest BCUT2D eigenvalue weighted by Crippen LogP contribution is -2.31. The topological polar surface area (TPSA) is 50.8 Å². The highest BCUT2D eigenvalue weighted by atomic mass is 15.1. The average molecular weight is 370 g/mol. The van der Waals surface area contributed by atoms with Crippen molar-refractivity contribution in [1.82, 2.24) is 0 Å². The van der Waals surface area contributed by atoms with Crippen molar-refractivity contribution in [3.8, 4) is 12.1 Å². The van der Waals surface area contributed by atoms with Gasteiger partial charge in [-0.2, -0.15) is 10.5 Å². The van der Waals surface area contributed by atoms with E-state index in [0.29, 0.717) is 5.92 Å². The van der Waals surface area contributed by atoms with Crippen LogP contribution in [0.5, 0.6) is 0 Å². The van der Waals surface area contributed by atoms with E-state index in [1.807, 2.05) is 14.1 Å². The molecule has 2 aliphatic carbocycles. The number of fused-ring (bicyclic) bond motifs is 1. The van der Waals surface area contributed by atoms with Crippen LogP contribution in [0.25, 0.3) is 6.08 Å². The quantitative estimate of drug-likeness (QED) is 0.632. The number of nitriles is 2. The van der Waals surface area contributed by atoms with Crippen LogP contribution in [0.4, 0.5) is 5.69 Å². The molecule has 3 nitrogen and oxygen atoms in total. The molecule has 142 valence electrons.